The van der Waals surface area contributed by atoms with Crippen LogP contribution < -0.4 is 5.32 Å². The molecule has 2 rings (SSSR count). The highest BCUT2D eigenvalue weighted by Crippen LogP contribution is 2.35. The van der Waals surface area contributed by atoms with E-state index in [1.165, 1.54) is 0 Å². The number of rotatable bonds is 4. The maximum Gasteiger partial charge on any atom is 0.416 e. The Balaban J connectivity index is 2.20. The van der Waals surface area contributed by atoms with E-state index in [2.05, 4.69) is 5.32 Å². The summed E-state index contributed by atoms with van der Waals surface area (Å²) in [6.45, 7) is -1.68. The largest absolute Gasteiger partial charge is 0.416 e. The van der Waals surface area contributed by atoms with E-state index in [4.69, 9.17) is 0 Å². The Morgan fingerprint density at radius 1 is 1.24 bits per heavy atom. The predicted molar refractivity (Wildman–Crippen MR) is 72.8 cm³/mol. The van der Waals surface area contributed by atoms with Crippen LogP contribution in [-0.4, -0.2) is 41.0 Å². The third kappa shape index (κ3) is 4.51. The second-order valence-corrected chi connectivity index (χ2v) is 5.35. The van der Waals surface area contributed by atoms with Crippen molar-refractivity contribution in [1.29, 1.82) is 0 Å². The lowest BCUT2D eigenvalue weighted by atomic mass is 10.1. The SMILES string of the molecule is O=C1C(Nc2ccc(C(F)(F)F)cc2[N+](=O)[O-])CCN1CC(F)(F)F. The van der Waals surface area contributed by atoms with Crippen molar-refractivity contribution in [1.82, 2.24) is 4.90 Å². The number of alkyl halides is 6. The van der Waals surface area contributed by atoms with E-state index in [0.29, 0.717) is 17.0 Å². The van der Waals surface area contributed by atoms with E-state index in [0.717, 1.165) is 6.07 Å². The third-order valence-electron chi connectivity index (χ3n) is 3.52. The summed E-state index contributed by atoms with van der Waals surface area (Å²) in [4.78, 5) is 22.3. The molecule has 0 spiro atoms. The lowest BCUT2D eigenvalue weighted by molar-refractivity contribution is -0.384. The smallest absolute Gasteiger partial charge is 0.368 e. The number of nitro groups is 1. The van der Waals surface area contributed by atoms with Crippen LogP contribution in [0.3, 0.4) is 0 Å². The first-order valence-electron chi connectivity index (χ1n) is 6.86. The van der Waals surface area contributed by atoms with Crippen molar-refractivity contribution in [2.24, 2.45) is 0 Å². The summed E-state index contributed by atoms with van der Waals surface area (Å²) in [6, 6.07) is 0.482. The van der Waals surface area contributed by atoms with Crippen molar-refractivity contribution in [2.75, 3.05) is 18.4 Å². The van der Waals surface area contributed by atoms with Crippen LogP contribution in [-0.2, 0) is 11.0 Å². The number of carbonyl (C=O) groups excluding carboxylic acids is 1. The minimum absolute atomic E-state index is 0.0624. The molecule has 1 N–H and O–H groups in total. The number of anilines is 1. The number of benzene rings is 1. The zero-order chi connectivity index (χ0) is 19.0. The predicted octanol–water partition coefficient (Wildman–Crippen LogP) is 3.19. The van der Waals surface area contributed by atoms with E-state index >= 15 is 0 Å². The van der Waals surface area contributed by atoms with Crippen molar-refractivity contribution < 1.29 is 36.1 Å². The van der Waals surface area contributed by atoms with Gasteiger partial charge in [-0.15, -0.1) is 0 Å². The highest BCUT2D eigenvalue weighted by Gasteiger charge is 2.40. The molecule has 0 bridgehead atoms. The molecule has 0 saturated carbocycles. The van der Waals surface area contributed by atoms with Gasteiger partial charge in [-0.1, -0.05) is 0 Å². The molecule has 6 nitrogen and oxygen atoms in total. The molecular weight excluding hydrogens is 360 g/mol. The molecule has 0 aromatic heterocycles. The van der Waals surface area contributed by atoms with Crippen LogP contribution >= 0.6 is 0 Å². The Hall–Kier alpha value is -2.53. The van der Waals surface area contributed by atoms with Crippen LogP contribution in [0.5, 0.6) is 0 Å². The van der Waals surface area contributed by atoms with Crippen molar-refractivity contribution in [2.45, 2.75) is 24.8 Å². The summed E-state index contributed by atoms with van der Waals surface area (Å²) in [5.41, 5.74) is -2.54. The first kappa shape index (κ1) is 18.8. The normalized spacial score (nSPS) is 18.6. The number of hydrogen-bond donors (Lipinski definition) is 1. The molecular formula is C13H11F6N3O3. The fourth-order valence-corrected chi connectivity index (χ4v) is 2.42. The molecule has 0 radical (unpaired) electrons. The molecule has 1 aromatic rings. The van der Waals surface area contributed by atoms with Gasteiger partial charge < -0.3 is 10.2 Å². The number of amides is 1. The van der Waals surface area contributed by atoms with Crippen LogP contribution in [0.1, 0.15) is 12.0 Å². The van der Waals surface area contributed by atoms with Gasteiger partial charge in [-0.25, -0.2) is 0 Å². The highest BCUT2D eigenvalue weighted by molar-refractivity contribution is 5.87. The van der Waals surface area contributed by atoms with Crippen LogP contribution in [0, 0.1) is 10.1 Å². The summed E-state index contributed by atoms with van der Waals surface area (Å²) >= 11 is 0. The number of halogens is 6. The van der Waals surface area contributed by atoms with Crippen molar-refractivity contribution in [3.05, 3.63) is 33.9 Å². The molecule has 1 amide bonds. The van der Waals surface area contributed by atoms with Crippen molar-refractivity contribution in [3.63, 3.8) is 0 Å². The standard InChI is InChI=1S/C13H11F6N3O3/c14-12(15,16)6-21-4-3-9(11(21)23)20-8-2-1-7(13(17,18)19)5-10(8)22(24)25/h1-2,5,9,20H,3-4,6H2. The summed E-state index contributed by atoms with van der Waals surface area (Å²) in [6.07, 6.45) is -9.45. The zero-order valence-corrected chi connectivity index (χ0v) is 12.3. The fourth-order valence-electron chi connectivity index (χ4n) is 2.42. The fraction of sp³-hybridized carbons (Fsp3) is 0.462. The molecule has 1 fully saturated rings. The summed E-state index contributed by atoms with van der Waals surface area (Å²) in [5.74, 6) is -0.925. The van der Waals surface area contributed by atoms with Gasteiger partial charge in [0.15, 0.2) is 0 Å². The van der Waals surface area contributed by atoms with Gasteiger partial charge in [0.2, 0.25) is 5.91 Å². The van der Waals surface area contributed by atoms with Crippen LogP contribution in [0.4, 0.5) is 37.7 Å². The topological polar surface area (TPSA) is 75.5 Å². The molecule has 1 heterocycles. The van der Waals surface area contributed by atoms with Gasteiger partial charge in [-0.3, -0.25) is 14.9 Å². The van der Waals surface area contributed by atoms with E-state index in [1.54, 1.807) is 0 Å². The number of carbonyl (C=O) groups is 1. The summed E-state index contributed by atoms with van der Waals surface area (Å²) in [5, 5.41) is 13.3. The van der Waals surface area contributed by atoms with E-state index < -0.39 is 47.0 Å². The Kier molecular flexibility index (Phi) is 4.82. The first-order chi connectivity index (χ1) is 11.4. The second kappa shape index (κ2) is 6.41. The van der Waals surface area contributed by atoms with E-state index in [1.807, 2.05) is 0 Å². The molecule has 12 heteroatoms. The van der Waals surface area contributed by atoms with Crippen molar-refractivity contribution >= 4 is 17.3 Å². The maximum atomic E-state index is 12.6. The monoisotopic (exact) mass is 371 g/mol. The van der Waals surface area contributed by atoms with Crippen LogP contribution in [0.25, 0.3) is 0 Å². The molecule has 25 heavy (non-hydrogen) atoms. The second-order valence-electron chi connectivity index (χ2n) is 5.35. The Bertz CT molecular complexity index is 689. The number of nitrogens with one attached hydrogen (secondary N) is 1. The van der Waals surface area contributed by atoms with Crippen molar-refractivity contribution in [3.8, 4) is 0 Å². The van der Waals surface area contributed by atoms with Gasteiger partial charge >= 0.3 is 12.4 Å². The van der Waals surface area contributed by atoms with Gasteiger partial charge in [0.05, 0.1) is 10.5 Å². The summed E-state index contributed by atoms with van der Waals surface area (Å²) in [7, 11) is 0. The van der Waals surface area contributed by atoms with Crippen LogP contribution in [0.15, 0.2) is 18.2 Å². The number of hydrogen-bond acceptors (Lipinski definition) is 4. The minimum atomic E-state index is -4.80. The molecule has 138 valence electrons. The third-order valence-corrected chi connectivity index (χ3v) is 3.52. The quantitative estimate of drug-likeness (QED) is 0.501. The van der Waals surface area contributed by atoms with E-state index in [-0.39, 0.29) is 18.7 Å². The summed E-state index contributed by atoms with van der Waals surface area (Å²) < 4.78 is 74.9. The lowest BCUT2D eigenvalue weighted by Gasteiger charge is -2.19. The highest BCUT2D eigenvalue weighted by atomic mass is 19.4. The minimum Gasteiger partial charge on any atom is -0.368 e. The van der Waals surface area contributed by atoms with Gasteiger partial charge in [-0.05, 0) is 18.6 Å². The van der Waals surface area contributed by atoms with E-state index in [9.17, 15) is 41.3 Å². The Morgan fingerprint density at radius 3 is 2.40 bits per heavy atom. The van der Waals surface area contributed by atoms with Gasteiger partial charge in [0.25, 0.3) is 5.69 Å². The van der Waals surface area contributed by atoms with Gasteiger partial charge in [-0.2, -0.15) is 26.3 Å². The zero-order valence-electron chi connectivity index (χ0n) is 12.3. The molecule has 0 aliphatic carbocycles. The first-order valence-corrected chi connectivity index (χ1v) is 6.86. The average molecular weight is 371 g/mol. The Morgan fingerprint density at radius 2 is 1.88 bits per heavy atom. The van der Waals surface area contributed by atoms with Crippen LogP contribution in [0.2, 0.25) is 0 Å². The molecule has 1 saturated heterocycles. The van der Waals surface area contributed by atoms with Gasteiger partial charge in [0.1, 0.15) is 18.3 Å². The molecule has 1 unspecified atom stereocenters. The average Bonchev–Trinajstić information content (AvgIpc) is 2.77. The number of likely N-dealkylation sites (tertiary alicyclic amines) is 1. The molecule has 1 atom stereocenters. The molecule has 1 aliphatic heterocycles. The Labute approximate surface area is 136 Å². The molecule has 1 aliphatic rings. The maximum absolute atomic E-state index is 12.6. The lowest BCUT2D eigenvalue weighted by Crippen LogP contribution is -2.39. The number of nitrogens with zero attached hydrogens (tertiary/aromatic N) is 2. The van der Waals surface area contributed by atoms with Gasteiger partial charge in [0, 0.05) is 12.6 Å². The molecule has 1 aromatic carbocycles. The number of nitro benzene ring substituents is 1.